The van der Waals surface area contributed by atoms with Gasteiger partial charge in [-0.3, -0.25) is 9.59 Å². The van der Waals surface area contributed by atoms with E-state index in [0.717, 1.165) is 23.6 Å². The number of amides is 2. The molecule has 6 nitrogen and oxygen atoms in total. The van der Waals surface area contributed by atoms with E-state index in [1.165, 1.54) is 0 Å². The second-order valence-corrected chi connectivity index (χ2v) is 8.52. The minimum atomic E-state index is 0. The van der Waals surface area contributed by atoms with Gasteiger partial charge in [0.1, 0.15) is 0 Å². The normalized spacial score (nSPS) is 24.9. The maximum atomic E-state index is 12.7. The topological polar surface area (TPSA) is 70.7 Å². The molecule has 3 unspecified atom stereocenters. The Morgan fingerprint density at radius 1 is 1.21 bits per heavy atom. The summed E-state index contributed by atoms with van der Waals surface area (Å²) < 4.78 is 5.69. The van der Waals surface area contributed by atoms with Crippen LogP contribution < -0.4 is 10.6 Å². The largest absolute Gasteiger partial charge is 0.372 e. The summed E-state index contributed by atoms with van der Waals surface area (Å²) in [5.41, 5.74) is 1.67. The van der Waals surface area contributed by atoms with Crippen LogP contribution in [0.2, 0.25) is 0 Å². The van der Waals surface area contributed by atoms with Crippen molar-refractivity contribution in [2.45, 2.75) is 45.1 Å². The van der Waals surface area contributed by atoms with Crippen molar-refractivity contribution in [1.82, 2.24) is 15.5 Å². The fourth-order valence-electron chi connectivity index (χ4n) is 3.54. The summed E-state index contributed by atoms with van der Waals surface area (Å²) in [7, 11) is 0. The first-order valence-electron chi connectivity index (χ1n) is 9.63. The van der Waals surface area contributed by atoms with Crippen LogP contribution in [0.3, 0.4) is 0 Å². The smallest absolute Gasteiger partial charge is 0.254 e. The second-order valence-electron chi connectivity index (χ2n) is 7.37. The highest BCUT2D eigenvalue weighted by atomic mass is 35.5. The predicted molar refractivity (Wildman–Crippen MR) is 115 cm³/mol. The molecule has 2 amide bonds. The molecule has 0 aromatic heterocycles. The van der Waals surface area contributed by atoms with Gasteiger partial charge in [-0.15, -0.1) is 12.4 Å². The molecule has 2 fully saturated rings. The van der Waals surface area contributed by atoms with Crippen LogP contribution in [0.1, 0.15) is 36.2 Å². The number of morpholine rings is 1. The minimum Gasteiger partial charge on any atom is -0.372 e. The molecule has 0 bridgehead atoms. The quantitative estimate of drug-likeness (QED) is 0.752. The van der Waals surface area contributed by atoms with Crippen molar-refractivity contribution < 1.29 is 14.3 Å². The molecule has 2 aliphatic rings. The molecule has 2 saturated heterocycles. The molecule has 2 aliphatic heterocycles. The van der Waals surface area contributed by atoms with Crippen LogP contribution in [0.15, 0.2) is 24.3 Å². The number of rotatable bonds is 5. The van der Waals surface area contributed by atoms with Gasteiger partial charge in [0.15, 0.2) is 0 Å². The van der Waals surface area contributed by atoms with E-state index in [-0.39, 0.29) is 42.5 Å². The van der Waals surface area contributed by atoms with Gasteiger partial charge in [-0.1, -0.05) is 12.1 Å². The van der Waals surface area contributed by atoms with Crippen LogP contribution in [0, 0.1) is 0 Å². The molecule has 0 aliphatic carbocycles. The van der Waals surface area contributed by atoms with Gasteiger partial charge in [-0.2, -0.15) is 11.8 Å². The zero-order valence-corrected chi connectivity index (χ0v) is 18.1. The molecule has 1 aromatic carbocycles. The van der Waals surface area contributed by atoms with Crippen molar-refractivity contribution in [3.8, 4) is 0 Å². The summed E-state index contributed by atoms with van der Waals surface area (Å²) in [5.74, 6) is 2.20. The fourth-order valence-corrected chi connectivity index (χ4v) is 4.49. The van der Waals surface area contributed by atoms with E-state index in [0.29, 0.717) is 31.6 Å². The van der Waals surface area contributed by atoms with E-state index in [1.54, 1.807) is 0 Å². The highest BCUT2D eigenvalue weighted by molar-refractivity contribution is 7.99. The molecule has 8 heteroatoms. The van der Waals surface area contributed by atoms with Gasteiger partial charge in [0, 0.05) is 55.7 Å². The average Bonchev–Trinajstić information content (AvgIpc) is 2.66. The van der Waals surface area contributed by atoms with Crippen LogP contribution in [0.5, 0.6) is 0 Å². The minimum absolute atomic E-state index is 0. The predicted octanol–water partition coefficient (Wildman–Crippen LogP) is 2.07. The zero-order chi connectivity index (χ0) is 19.2. The van der Waals surface area contributed by atoms with Crippen molar-refractivity contribution >= 4 is 36.0 Å². The standard InChI is InChI=1S/C20H29N3O3S.ClH/c1-14-11-23(12-15(2)26-14)20(25)17-5-3-16(4-6-17)10-22-19(24)9-18-13-27-8-7-21-18;/h3-6,14-15,18,21H,7-13H2,1-2H3,(H,22,24);1H. The van der Waals surface area contributed by atoms with Gasteiger partial charge in [0.2, 0.25) is 5.91 Å². The number of carbonyl (C=O) groups is 2. The van der Waals surface area contributed by atoms with Gasteiger partial charge >= 0.3 is 0 Å². The van der Waals surface area contributed by atoms with E-state index in [1.807, 2.05) is 54.8 Å². The number of hydrogen-bond acceptors (Lipinski definition) is 5. The number of carbonyl (C=O) groups excluding carboxylic acids is 2. The van der Waals surface area contributed by atoms with Crippen molar-refractivity contribution in [3.63, 3.8) is 0 Å². The van der Waals surface area contributed by atoms with E-state index in [9.17, 15) is 9.59 Å². The second kappa shape index (κ2) is 11.0. The molecule has 1 aromatic rings. The highest BCUT2D eigenvalue weighted by Crippen LogP contribution is 2.15. The SMILES string of the molecule is CC1CN(C(=O)c2ccc(CNC(=O)CC3CSCCN3)cc2)CC(C)O1.Cl. The Morgan fingerprint density at radius 2 is 1.89 bits per heavy atom. The third-order valence-corrected chi connectivity index (χ3v) is 5.96. The van der Waals surface area contributed by atoms with Gasteiger partial charge in [0.25, 0.3) is 5.91 Å². The first-order chi connectivity index (χ1) is 13.0. The summed E-state index contributed by atoms with van der Waals surface area (Å²) >= 11 is 1.89. The summed E-state index contributed by atoms with van der Waals surface area (Å²) in [6.45, 7) is 6.67. The van der Waals surface area contributed by atoms with Crippen molar-refractivity contribution in [1.29, 1.82) is 0 Å². The lowest BCUT2D eigenvalue weighted by Gasteiger charge is -2.35. The first kappa shape index (κ1) is 23.0. The third-order valence-electron chi connectivity index (χ3n) is 4.83. The lowest BCUT2D eigenvalue weighted by Crippen LogP contribution is -2.48. The highest BCUT2D eigenvalue weighted by Gasteiger charge is 2.26. The van der Waals surface area contributed by atoms with E-state index in [2.05, 4.69) is 10.6 Å². The maximum Gasteiger partial charge on any atom is 0.254 e. The molecule has 0 spiro atoms. The Hall–Kier alpha value is -1.28. The van der Waals surface area contributed by atoms with Crippen LogP contribution in [-0.4, -0.2) is 66.1 Å². The summed E-state index contributed by atoms with van der Waals surface area (Å²) in [6.07, 6.45) is 0.630. The molecule has 3 atom stereocenters. The van der Waals surface area contributed by atoms with E-state index in [4.69, 9.17) is 4.74 Å². The monoisotopic (exact) mass is 427 g/mol. The van der Waals surface area contributed by atoms with Gasteiger partial charge in [-0.05, 0) is 31.5 Å². The van der Waals surface area contributed by atoms with Gasteiger partial charge < -0.3 is 20.3 Å². The number of thioether (sulfide) groups is 1. The summed E-state index contributed by atoms with van der Waals surface area (Å²) in [5, 5.41) is 6.34. The number of nitrogens with one attached hydrogen (secondary N) is 2. The fraction of sp³-hybridized carbons (Fsp3) is 0.600. The number of ether oxygens (including phenoxy) is 1. The van der Waals surface area contributed by atoms with E-state index < -0.39 is 0 Å². The van der Waals surface area contributed by atoms with Crippen molar-refractivity contribution in [2.75, 3.05) is 31.1 Å². The van der Waals surface area contributed by atoms with Crippen LogP contribution in [0.25, 0.3) is 0 Å². The molecule has 3 rings (SSSR count). The average molecular weight is 428 g/mol. The maximum absolute atomic E-state index is 12.7. The lowest BCUT2D eigenvalue weighted by atomic mass is 10.1. The molecular formula is C20H30ClN3O3S. The third kappa shape index (κ3) is 6.65. The first-order valence-corrected chi connectivity index (χ1v) is 10.8. The van der Waals surface area contributed by atoms with Gasteiger partial charge in [-0.25, -0.2) is 0 Å². The van der Waals surface area contributed by atoms with Gasteiger partial charge in [0.05, 0.1) is 12.2 Å². The summed E-state index contributed by atoms with van der Waals surface area (Å²) in [4.78, 5) is 26.6. The molecular weight excluding hydrogens is 398 g/mol. The lowest BCUT2D eigenvalue weighted by molar-refractivity contribution is -0.121. The Balaban J connectivity index is 0.00000280. The number of benzene rings is 1. The Morgan fingerprint density at radius 3 is 2.50 bits per heavy atom. The Bertz CT molecular complexity index is 643. The number of hydrogen-bond donors (Lipinski definition) is 2. The Kier molecular flexibility index (Phi) is 9.08. The number of nitrogens with zero attached hydrogens (tertiary/aromatic N) is 1. The van der Waals surface area contributed by atoms with Crippen LogP contribution in [0.4, 0.5) is 0 Å². The van der Waals surface area contributed by atoms with Crippen molar-refractivity contribution in [2.24, 2.45) is 0 Å². The molecule has 0 saturated carbocycles. The molecule has 2 heterocycles. The zero-order valence-electron chi connectivity index (χ0n) is 16.5. The molecule has 2 N–H and O–H groups in total. The Labute approximate surface area is 177 Å². The summed E-state index contributed by atoms with van der Waals surface area (Å²) in [6, 6.07) is 7.77. The molecule has 156 valence electrons. The van der Waals surface area contributed by atoms with Crippen LogP contribution in [-0.2, 0) is 16.1 Å². The molecule has 0 radical (unpaired) electrons. The van der Waals surface area contributed by atoms with Crippen molar-refractivity contribution in [3.05, 3.63) is 35.4 Å². The van der Waals surface area contributed by atoms with E-state index >= 15 is 0 Å². The number of halogens is 1. The molecule has 28 heavy (non-hydrogen) atoms. The van der Waals surface area contributed by atoms with Crippen LogP contribution >= 0.6 is 24.2 Å².